The van der Waals surface area contributed by atoms with E-state index in [-0.39, 0.29) is 11.8 Å². The number of rotatable bonds is 11. The third kappa shape index (κ3) is 8.37. The molecule has 0 aliphatic carbocycles. The summed E-state index contributed by atoms with van der Waals surface area (Å²) in [6.45, 7) is 8.31. The molecule has 0 saturated heterocycles. The van der Waals surface area contributed by atoms with Gasteiger partial charge in [0, 0.05) is 0 Å². The predicted molar refractivity (Wildman–Crippen MR) is 117 cm³/mol. The minimum Gasteiger partial charge on any atom is -0.480 e. The van der Waals surface area contributed by atoms with Crippen LogP contribution in [0.2, 0.25) is 0 Å². The molecular weight excluding hydrogens is 400 g/mol. The lowest BCUT2D eigenvalue weighted by molar-refractivity contribution is -0.143. The smallest absolute Gasteiger partial charge is 0.326 e. The van der Waals surface area contributed by atoms with Gasteiger partial charge in [-0.25, -0.2) is 4.79 Å². The van der Waals surface area contributed by atoms with Crippen molar-refractivity contribution in [3.05, 3.63) is 35.9 Å². The first kappa shape index (κ1) is 26.1. The Morgan fingerprint density at radius 3 is 1.81 bits per heavy atom. The van der Waals surface area contributed by atoms with Crippen LogP contribution in [0.1, 0.15) is 40.2 Å². The van der Waals surface area contributed by atoms with Gasteiger partial charge in [0.15, 0.2) is 0 Å². The summed E-state index contributed by atoms with van der Waals surface area (Å²) in [6, 6.07) is 5.50. The second kappa shape index (κ2) is 12.0. The molecule has 0 aromatic heterocycles. The number of nitrogens with two attached hydrogens (primary N) is 1. The summed E-state index contributed by atoms with van der Waals surface area (Å²) in [5, 5.41) is 16.9. The van der Waals surface area contributed by atoms with E-state index in [0.717, 1.165) is 5.56 Å². The molecule has 0 heterocycles. The molecule has 1 rings (SSSR count). The maximum atomic E-state index is 12.6. The van der Waals surface area contributed by atoms with Crippen molar-refractivity contribution < 1.29 is 24.3 Å². The number of carboxylic acids is 1. The maximum Gasteiger partial charge on any atom is 0.326 e. The average molecular weight is 435 g/mol. The zero-order chi connectivity index (χ0) is 23.7. The zero-order valence-corrected chi connectivity index (χ0v) is 18.7. The Labute approximate surface area is 183 Å². The molecule has 31 heavy (non-hydrogen) atoms. The molecule has 4 unspecified atom stereocenters. The molecule has 0 bridgehead atoms. The highest BCUT2D eigenvalue weighted by Crippen LogP contribution is 2.07. The fourth-order valence-corrected chi connectivity index (χ4v) is 2.92. The number of aliphatic carboxylic acids is 1. The Bertz CT molecular complexity index is 766. The lowest BCUT2D eigenvalue weighted by Gasteiger charge is -2.27. The molecule has 6 N–H and O–H groups in total. The van der Waals surface area contributed by atoms with E-state index in [9.17, 15) is 24.3 Å². The molecule has 0 spiro atoms. The standard InChI is InChI=1S/C22H34N4O5/c1-12(2)17(21(29)26-18(13(3)4)22(30)31)25-19(27)14(5)24-20(28)16(23)11-15-9-7-6-8-10-15/h6-10,12-14,16-18H,11,23H2,1-5H3,(H,24,28)(H,25,27)(H,26,29)(H,30,31). The first-order valence-corrected chi connectivity index (χ1v) is 10.4. The van der Waals surface area contributed by atoms with Gasteiger partial charge >= 0.3 is 5.97 Å². The van der Waals surface area contributed by atoms with Crippen molar-refractivity contribution in [2.24, 2.45) is 17.6 Å². The Kier molecular flexibility index (Phi) is 10.1. The van der Waals surface area contributed by atoms with Gasteiger partial charge in [-0.2, -0.15) is 0 Å². The van der Waals surface area contributed by atoms with Crippen LogP contribution in [0, 0.1) is 11.8 Å². The third-order valence-electron chi connectivity index (χ3n) is 4.86. The quantitative estimate of drug-likeness (QED) is 0.341. The fraction of sp³-hybridized carbons (Fsp3) is 0.545. The zero-order valence-electron chi connectivity index (χ0n) is 18.7. The first-order valence-electron chi connectivity index (χ1n) is 10.4. The van der Waals surface area contributed by atoms with E-state index in [1.165, 1.54) is 6.92 Å². The van der Waals surface area contributed by atoms with Crippen LogP contribution in [0.3, 0.4) is 0 Å². The molecule has 3 amide bonds. The van der Waals surface area contributed by atoms with Crippen LogP contribution in [0.5, 0.6) is 0 Å². The number of carbonyl (C=O) groups excluding carboxylic acids is 3. The van der Waals surface area contributed by atoms with Gasteiger partial charge in [0.25, 0.3) is 0 Å². The Morgan fingerprint density at radius 1 is 0.806 bits per heavy atom. The summed E-state index contributed by atoms with van der Waals surface area (Å²) in [5.74, 6) is -3.41. The second-order valence-corrected chi connectivity index (χ2v) is 8.33. The third-order valence-corrected chi connectivity index (χ3v) is 4.86. The highest BCUT2D eigenvalue weighted by molar-refractivity contribution is 5.94. The number of carbonyl (C=O) groups is 4. The van der Waals surface area contributed by atoms with Gasteiger partial charge < -0.3 is 26.8 Å². The maximum absolute atomic E-state index is 12.6. The van der Waals surface area contributed by atoms with Gasteiger partial charge in [-0.3, -0.25) is 14.4 Å². The largest absolute Gasteiger partial charge is 0.480 e. The first-order chi connectivity index (χ1) is 14.4. The molecule has 0 fully saturated rings. The Hall–Kier alpha value is -2.94. The van der Waals surface area contributed by atoms with Crippen molar-refractivity contribution in [1.82, 2.24) is 16.0 Å². The van der Waals surface area contributed by atoms with Gasteiger partial charge in [-0.15, -0.1) is 0 Å². The van der Waals surface area contributed by atoms with Crippen LogP contribution in [0.15, 0.2) is 30.3 Å². The van der Waals surface area contributed by atoms with Crippen molar-refractivity contribution in [1.29, 1.82) is 0 Å². The summed E-state index contributed by atoms with van der Waals surface area (Å²) in [6.07, 6.45) is 0.323. The van der Waals surface area contributed by atoms with Crippen LogP contribution in [0.25, 0.3) is 0 Å². The number of hydrogen-bond donors (Lipinski definition) is 5. The van der Waals surface area contributed by atoms with Gasteiger partial charge in [0.05, 0.1) is 6.04 Å². The highest BCUT2D eigenvalue weighted by atomic mass is 16.4. The van der Waals surface area contributed by atoms with E-state index in [4.69, 9.17) is 5.73 Å². The number of benzene rings is 1. The van der Waals surface area contributed by atoms with Crippen LogP contribution in [0.4, 0.5) is 0 Å². The van der Waals surface area contributed by atoms with E-state index >= 15 is 0 Å². The van der Waals surface area contributed by atoms with Crippen molar-refractivity contribution >= 4 is 23.7 Å². The summed E-state index contributed by atoms with van der Waals surface area (Å²) < 4.78 is 0. The fourth-order valence-electron chi connectivity index (χ4n) is 2.92. The van der Waals surface area contributed by atoms with Gasteiger partial charge in [-0.1, -0.05) is 58.0 Å². The van der Waals surface area contributed by atoms with Crippen LogP contribution < -0.4 is 21.7 Å². The molecular formula is C22H34N4O5. The molecule has 0 saturated carbocycles. The number of amides is 3. The monoisotopic (exact) mass is 434 g/mol. The molecule has 0 aliphatic heterocycles. The average Bonchev–Trinajstić information content (AvgIpc) is 2.69. The van der Waals surface area contributed by atoms with Crippen molar-refractivity contribution in [2.45, 2.75) is 65.2 Å². The van der Waals surface area contributed by atoms with Gasteiger partial charge in [0.1, 0.15) is 18.1 Å². The summed E-state index contributed by atoms with van der Waals surface area (Å²) in [7, 11) is 0. The molecule has 1 aromatic carbocycles. The highest BCUT2D eigenvalue weighted by Gasteiger charge is 2.31. The lowest BCUT2D eigenvalue weighted by Crippen LogP contribution is -2.58. The van der Waals surface area contributed by atoms with E-state index in [2.05, 4.69) is 16.0 Å². The normalized spacial score (nSPS) is 15.0. The molecule has 1 aromatic rings. The van der Waals surface area contributed by atoms with Gasteiger partial charge in [-0.05, 0) is 30.7 Å². The van der Waals surface area contributed by atoms with Crippen LogP contribution >= 0.6 is 0 Å². The predicted octanol–water partition coefficient (Wildman–Crippen LogP) is 0.427. The molecule has 0 radical (unpaired) electrons. The Morgan fingerprint density at radius 2 is 1.32 bits per heavy atom. The van der Waals surface area contributed by atoms with Crippen molar-refractivity contribution in [3.8, 4) is 0 Å². The van der Waals surface area contributed by atoms with Crippen molar-refractivity contribution in [2.75, 3.05) is 0 Å². The van der Waals surface area contributed by atoms with E-state index in [0.29, 0.717) is 6.42 Å². The SMILES string of the molecule is CC(NC(=O)C(N)Cc1ccccc1)C(=O)NC(C(=O)NC(C(=O)O)C(C)C)C(C)C. The number of nitrogens with one attached hydrogen (secondary N) is 3. The molecule has 172 valence electrons. The number of hydrogen-bond acceptors (Lipinski definition) is 5. The molecule has 9 heteroatoms. The minimum atomic E-state index is -1.15. The van der Waals surface area contributed by atoms with E-state index in [1.54, 1.807) is 27.7 Å². The summed E-state index contributed by atoms with van der Waals surface area (Å²) in [5.41, 5.74) is 6.84. The summed E-state index contributed by atoms with van der Waals surface area (Å²) >= 11 is 0. The molecule has 4 atom stereocenters. The topological polar surface area (TPSA) is 151 Å². The number of carboxylic acid groups (broad SMARTS) is 1. The van der Waals surface area contributed by atoms with Gasteiger partial charge in [0.2, 0.25) is 17.7 Å². The Balaban J connectivity index is 2.70. The van der Waals surface area contributed by atoms with E-state index < -0.39 is 47.9 Å². The minimum absolute atomic E-state index is 0.297. The second-order valence-electron chi connectivity index (χ2n) is 8.33. The molecule has 9 nitrogen and oxygen atoms in total. The van der Waals surface area contributed by atoms with Crippen LogP contribution in [-0.2, 0) is 25.6 Å². The van der Waals surface area contributed by atoms with E-state index in [1.807, 2.05) is 30.3 Å². The molecule has 0 aliphatic rings. The summed E-state index contributed by atoms with van der Waals surface area (Å²) in [4.78, 5) is 48.9. The van der Waals surface area contributed by atoms with Crippen molar-refractivity contribution in [3.63, 3.8) is 0 Å². The van der Waals surface area contributed by atoms with Crippen LogP contribution in [-0.4, -0.2) is 53.0 Å². The lowest BCUT2D eigenvalue weighted by atomic mass is 10.00.